The molecule has 1 aliphatic rings. The Bertz CT molecular complexity index is 309. The van der Waals surface area contributed by atoms with Crippen LogP contribution in [0.3, 0.4) is 0 Å². The number of hydrogen-bond donors (Lipinski definition) is 2. The number of anilines is 2. The second kappa shape index (κ2) is 3.91. The van der Waals surface area contributed by atoms with Crippen LogP contribution >= 0.6 is 0 Å². The van der Waals surface area contributed by atoms with E-state index in [-0.39, 0.29) is 0 Å². The van der Waals surface area contributed by atoms with Crippen LogP contribution in [0.1, 0.15) is 26.2 Å². The number of nitrogen functional groups attached to an aromatic ring is 1. The molecule has 0 aliphatic heterocycles. The van der Waals surface area contributed by atoms with Crippen molar-refractivity contribution in [2.24, 2.45) is 5.92 Å². The van der Waals surface area contributed by atoms with Gasteiger partial charge in [-0.05, 0) is 43.4 Å². The van der Waals surface area contributed by atoms with Crippen LogP contribution in [0, 0.1) is 5.92 Å². The van der Waals surface area contributed by atoms with Crippen molar-refractivity contribution >= 4 is 11.4 Å². The maximum Gasteiger partial charge on any atom is 0.0362 e. The molecule has 0 radical (unpaired) electrons. The normalized spacial score (nSPS) is 26.4. The van der Waals surface area contributed by atoms with E-state index in [0.29, 0.717) is 6.04 Å². The highest BCUT2D eigenvalue weighted by molar-refractivity contribution is 5.54. The molecule has 3 N–H and O–H groups in total. The van der Waals surface area contributed by atoms with E-state index in [1.807, 2.05) is 18.2 Å². The topological polar surface area (TPSA) is 38.0 Å². The quantitative estimate of drug-likeness (QED) is 0.704. The van der Waals surface area contributed by atoms with Gasteiger partial charge in [0.15, 0.2) is 0 Å². The molecule has 2 heteroatoms. The van der Waals surface area contributed by atoms with Gasteiger partial charge in [0.25, 0.3) is 0 Å². The highest BCUT2D eigenvalue weighted by atomic mass is 14.9. The van der Waals surface area contributed by atoms with Crippen LogP contribution in [0.5, 0.6) is 0 Å². The van der Waals surface area contributed by atoms with Crippen LogP contribution in [0.15, 0.2) is 24.3 Å². The molecular weight excluding hydrogens is 172 g/mol. The Kier molecular flexibility index (Phi) is 2.62. The number of nitrogens with two attached hydrogens (primary N) is 1. The molecule has 2 nitrogen and oxygen atoms in total. The van der Waals surface area contributed by atoms with Gasteiger partial charge in [-0.15, -0.1) is 0 Å². The Balaban J connectivity index is 1.97. The van der Waals surface area contributed by atoms with Crippen LogP contribution in [0.4, 0.5) is 11.4 Å². The lowest BCUT2D eigenvalue weighted by atomic mass is 10.1. The zero-order valence-corrected chi connectivity index (χ0v) is 8.66. The highest BCUT2D eigenvalue weighted by Crippen LogP contribution is 2.27. The summed E-state index contributed by atoms with van der Waals surface area (Å²) in [6, 6.07) is 8.65. The van der Waals surface area contributed by atoms with Gasteiger partial charge in [0.2, 0.25) is 0 Å². The first-order valence-corrected chi connectivity index (χ1v) is 5.36. The Hall–Kier alpha value is -1.18. The average Bonchev–Trinajstić information content (AvgIpc) is 2.51. The molecule has 1 saturated carbocycles. The maximum atomic E-state index is 5.72. The van der Waals surface area contributed by atoms with Crippen LogP contribution < -0.4 is 11.1 Å². The fraction of sp³-hybridized carbons (Fsp3) is 0.500. The van der Waals surface area contributed by atoms with E-state index in [1.165, 1.54) is 19.3 Å². The molecule has 0 amide bonds. The Morgan fingerprint density at radius 2 is 2.21 bits per heavy atom. The van der Waals surface area contributed by atoms with Gasteiger partial charge in [-0.1, -0.05) is 13.0 Å². The standard InChI is InChI=1S/C12H18N2/c1-9-5-6-12(7-9)14-11-4-2-3-10(13)8-11/h2-4,8-9,12,14H,5-7,13H2,1H3. The molecule has 0 aromatic heterocycles. The van der Waals surface area contributed by atoms with Gasteiger partial charge in [-0.3, -0.25) is 0 Å². The summed E-state index contributed by atoms with van der Waals surface area (Å²) in [6.07, 6.45) is 3.92. The van der Waals surface area contributed by atoms with Crippen molar-refractivity contribution in [3.8, 4) is 0 Å². The van der Waals surface area contributed by atoms with Gasteiger partial charge >= 0.3 is 0 Å². The van der Waals surface area contributed by atoms with Crippen LogP contribution in [-0.2, 0) is 0 Å². The summed E-state index contributed by atoms with van der Waals surface area (Å²) < 4.78 is 0. The first kappa shape index (κ1) is 9.38. The zero-order chi connectivity index (χ0) is 9.97. The van der Waals surface area contributed by atoms with Crippen molar-refractivity contribution < 1.29 is 0 Å². The summed E-state index contributed by atoms with van der Waals surface area (Å²) in [5.41, 5.74) is 7.71. The molecule has 1 aromatic rings. The molecule has 2 atom stereocenters. The maximum absolute atomic E-state index is 5.72. The molecule has 76 valence electrons. The lowest BCUT2D eigenvalue weighted by Gasteiger charge is -2.14. The second-order valence-corrected chi connectivity index (χ2v) is 4.38. The van der Waals surface area contributed by atoms with Crippen molar-refractivity contribution in [3.05, 3.63) is 24.3 Å². The van der Waals surface area contributed by atoms with Crippen LogP contribution in [-0.4, -0.2) is 6.04 Å². The van der Waals surface area contributed by atoms with E-state index in [2.05, 4.69) is 18.3 Å². The number of benzene rings is 1. The van der Waals surface area contributed by atoms with E-state index < -0.39 is 0 Å². The van der Waals surface area contributed by atoms with E-state index in [1.54, 1.807) is 0 Å². The fourth-order valence-electron chi connectivity index (χ4n) is 2.20. The van der Waals surface area contributed by atoms with Crippen molar-refractivity contribution in [1.82, 2.24) is 0 Å². The van der Waals surface area contributed by atoms with Gasteiger partial charge in [-0.25, -0.2) is 0 Å². The number of nitrogens with one attached hydrogen (secondary N) is 1. The molecule has 2 rings (SSSR count). The minimum absolute atomic E-state index is 0.645. The molecule has 1 aliphatic carbocycles. The van der Waals surface area contributed by atoms with Crippen LogP contribution in [0.25, 0.3) is 0 Å². The molecule has 1 aromatic carbocycles. The average molecular weight is 190 g/mol. The lowest BCUT2D eigenvalue weighted by molar-refractivity contribution is 0.602. The third-order valence-corrected chi connectivity index (χ3v) is 2.95. The molecular formula is C12H18N2. The zero-order valence-electron chi connectivity index (χ0n) is 8.66. The van der Waals surface area contributed by atoms with Gasteiger partial charge in [0.1, 0.15) is 0 Å². The van der Waals surface area contributed by atoms with Crippen molar-refractivity contribution in [2.75, 3.05) is 11.1 Å². The lowest BCUT2D eigenvalue weighted by Crippen LogP contribution is -2.15. The Morgan fingerprint density at radius 3 is 2.86 bits per heavy atom. The first-order valence-electron chi connectivity index (χ1n) is 5.36. The van der Waals surface area contributed by atoms with Crippen molar-refractivity contribution in [3.63, 3.8) is 0 Å². The van der Waals surface area contributed by atoms with Crippen LogP contribution in [0.2, 0.25) is 0 Å². The van der Waals surface area contributed by atoms with Gasteiger partial charge < -0.3 is 11.1 Å². The first-order chi connectivity index (χ1) is 6.74. The molecule has 14 heavy (non-hydrogen) atoms. The predicted molar refractivity (Wildman–Crippen MR) is 61.3 cm³/mol. The Labute approximate surface area is 85.5 Å². The van der Waals surface area contributed by atoms with E-state index in [9.17, 15) is 0 Å². The van der Waals surface area contributed by atoms with Crippen molar-refractivity contribution in [1.29, 1.82) is 0 Å². The SMILES string of the molecule is CC1CCC(Nc2cccc(N)c2)C1. The minimum Gasteiger partial charge on any atom is -0.399 e. The Morgan fingerprint density at radius 1 is 1.36 bits per heavy atom. The van der Waals surface area contributed by atoms with Gasteiger partial charge in [0, 0.05) is 17.4 Å². The number of rotatable bonds is 2. The predicted octanol–water partition coefficient (Wildman–Crippen LogP) is 2.87. The fourth-order valence-corrected chi connectivity index (χ4v) is 2.20. The minimum atomic E-state index is 0.645. The third kappa shape index (κ3) is 2.19. The number of hydrogen-bond acceptors (Lipinski definition) is 2. The summed E-state index contributed by atoms with van der Waals surface area (Å²) in [5, 5.41) is 3.53. The summed E-state index contributed by atoms with van der Waals surface area (Å²) in [6.45, 7) is 2.32. The van der Waals surface area contributed by atoms with E-state index >= 15 is 0 Å². The molecule has 0 saturated heterocycles. The molecule has 0 bridgehead atoms. The van der Waals surface area contributed by atoms with Gasteiger partial charge in [0.05, 0.1) is 0 Å². The molecule has 0 heterocycles. The van der Waals surface area contributed by atoms with Gasteiger partial charge in [-0.2, -0.15) is 0 Å². The summed E-state index contributed by atoms with van der Waals surface area (Å²) in [4.78, 5) is 0. The summed E-state index contributed by atoms with van der Waals surface area (Å²) in [5.74, 6) is 0.869. The molecule has 2 unspecified atom stereocenters. The van der Waals surface area contributed by atoms with Crippen molar-refractivity contribution in [2.45, 2.75) is 32.2 Å². The smallest absolute Gasteiger partial charge is 0.0362 e. The monoisotopic (exact) mass is 190 g/mol. The van der Waals surface area contributed by atoms with E-state index in [4.69, 9.17) is 5.73 Å². The highest BCUT2D eigenvalue weighted by Gasteiger charge is 2.20. The molecule has 0 spiro atoms. The third-order valence-electron chi connectivity index (χ3n) is 2.95. The summed E-state index contributed by atoms with van der Waals surface area (Å²) >= 11 is 0. The molecule has 1 fully saturated rings. The van der Waals surface area contributed by atoms with E-state index in [0.717, 1.165) is 17.3 Å². The second-order valence-electron chi connectivity index (χ2n) is 4.38. The largest absolute Gasteiger partial charge is 0.399 e. The summed E-state index contributed by atoms with van der Waals surface area (Å²) in [7, 11) is 0.